The van der Waals surface area contributed by atoms with Gasteiger partial charge in [-0.15, -0.1) is 23.7 Å². The van der Waals surface area contributed by atoms with Crippen molar-refractivity contribution in [2.45, 2.75) is 49.7 Å². The molecule has 9 heteroatoms. The van der Waals surface area contributed by atoms with E-state index in [1.165, 1.54) is 11.3 Å². The summed E-state index contributed by atoms with van der Waals surface area (Å²) >= 11 is 1.34. The van der Waals surface area contributed by atoms with Crippen molar-refractivity contribution >= 4 is 45.2 Å². The van der Waals surface area contributed by atoms with Crippen LogP contribution in [-0.2, 0) is 22.1 Å². The molecule has 0 aliphatic heterocycles. The molecule has 1 fully saturated rings. The van der Waals surface area contributed by atoms with Crippen LogP contribution in [0.1, 0.15) is 53.2 Å². The van der Waals surface area contributed by atoms with Gasteiger partial charge in [0.2, 0.25) is 0 Å². The third-order valence-corrected chi connectivity index (χ3v) is 7.67. The van der Waals surface area contributed by atoms with Gasteiger partial charge in [-0.1, -0.05) is 31.4 Å². The van der Waals surface area contributed by atoms with E-state index < -0.39 is 9.84 Å². The van der Waals surface area contributed by atoms with Gasteiger partial charge >= 0.3 is 0 Å². The van der Waals surface area contributed by atoms with Gasteiger partial charge in [0.05, 0.1) is 11.0 Å². The van der Waals surface area contributed by atoms with E-state index in [2.05, 4.69) is 10.3 Å². The lowest BCUT2D eigenvalue weighted by molar-refractivity contribution is 0.102. The average molecular weight is 430 g/mol. The topological polar surface area (TPSA) is 102 Å². The number of benzene rings is 1. The van der Waals surface area contributed by atoms with E-state index >= 15 is 0 Å². The SMILES string of the molecule is Cl.NCc1nc(C(=O)Nc2cccc(CS(=O)(=O)C3CCCCC3)c2)cs1. The normalized spacial score (nSPS) is 15.1. The van der Waals surface area contributed by atoms with Gasteiger partial charge in [0.15, 0.2) is 9.84 Å². The van der Waals surface area contributed by atoms with Crippen LogP contribution in [0, 0.1) is 0 Å². The summed E-state index contributed by atoms with van der Waals surface area (Å²) in [5, 5.41) is 4.89. The van der Waals surface area contributed by atoms with Gasteiger partial charge in [-0.2, -0.15) is 0 Å². The van der Waals surface area contributed by atoms with Crippen molar-refractivity contribution in [3.8, 4) is 0 Å². The van der Waals surface area contributed by atoms with E-state index in [-0.39, 0.29) is 29.3 Å². The van der Waals surface area contributed by atoms with E-state index in [9.17, 15) is 13.2 Å². The molecule has 0 spiro atoms. The zero-order valence-corrected chi connectivity index (χ0v) is 17.3. The Balaban J connectivity index is 0.00000261. The first-order valence-electron chi connectivity index (χ1n) is 8.74. The molecule has 1 aromatic carbocycles. The predicted molar refractivity (Wildman–Crippen MR) is 111 cm³/mol. The number of halogens is 1. The number of nitrogens with one attached hydrogen (secondary N) is 1. The molecule has 1 heterocycles. The molecule has 2 aromatic rings. The molecule has 0 radical (unpaired) electrons. The highest BCUT2D eigenvalue weighted by atomic mass is 35.5. The van der Waals surface area contributed by atoms with Crippen LogP contribution in [0.15, 0.2) is 29.6 Å². The average Bonchev–Trinajstić information content (AvgIpc) is 3.12. The number of aromatic nitrogens is 1. The van der Waals surface area contributed by atoms with E-state index in [0.717, 1.165) is 32.1 Å². The third kappa shape index (κ3) is 5.75. The second-order valence-corrected chi connectivity index (χ2v) is 9.78. The molecule has 0 saturated heterocycles. The van der Waals surface area contributed by atoms with Gasteiger partial charge in [0.1, 0.15) is 10.7 Å². The Labute approximate surface area is 169 Å². The van der Waals surface area contributed by atoms with Crippen LogP contribution < -0.4 is 11.1 Å². The number of nitrogens with two attached hydrogens (primary N) is 1. The maximum absolute atomic E-state index is 12.6. The smallest absolute Gasteiger partial charge is 0.275 e. The molecule has 0 unspecified atom stereocenters. The fourth-order valence-corrected chi connectivity index (χ4v) is 5.80. The van der Waals surface area contributed by atoms with E-state index in [1.54, 1.807) is 29.6 Å². The molecule has 27 heavy (non-hydrogen) atoms. The van der Waals surface area contributed by atoms with Crippen LogP contribution in [0.4, 0.5) is 5.69 Å². The van der Waals surface area contributed by atoms with Crippen LogP contribution in [0.3, 0.4) is 0 Å². The quantitative estimate of drug-likeness (QED) is 0.731. The summed E-state index contributed by atoms with van der Waals surface area (Å²) in [6.45, 7) is 0.298. The van der Waals surface area contributed by atoms with Gasteiger partial charge < -0.3 is 11.1 Å². The molecule has 148 valence electrons. The van der Waals surface area contributed by atoms with Crippen molar-refractivity contribution in [2.24, 2.45) is 5.73 Å². The summed E-state index contributed by atoms with van der Waals surface area (Å²) in [4.78, 5) is 16.4. The summed E-state index contributed by atoms with van der Waals surface area (Å²) < 4.78 is 25.3. The van der Waals surface area contributed by atoms with Crippen LogP contribution in [0.5, 0.6) is 0 Å². The molecule has 0 bridgehead atoms. The number of thiazole rings is 1. The molecule has 0 atom stereocenters. The first-order chi connectivity index (χ1) is 12.5. The Morgan fingerprint density at radius 3 is 2.67 bits per heavy atom. The van der Waals surface area contributed by atoms with Crippen LogP contribution in [0.2, 0.25) is 0 Å². The molecule has 6 nitrogen and oxygen atoms in total. The number of hydrogen-bond donors (Lipinski definition) is 2. The number of anilines is 1. The standard InChI is InChI=1S/C18H23N3O3S2.ClH/c19-10-17-21-16(11-25-17)18(22)20-14-6-4-5-13(9-14)12-26(23,24)15-7-2-1-3-8-15;/h4-6,9,11,15H,1-3,7-8,10,12,19H2,(H,20,22);1H. The number of carbonyl (C=O) groups excluding carboxylic acids is 1. The van der Waals surface area contributed by atoms with Gasteiger partial charge in [-0.25, -0.2) is 13.4 Å². The Morgan fingerprint density at radius 2 is 2.00 bits per heavy atom. The van der Waals surface area contributed by atoms with Crippen LogP contribution in [0.25, 0.3) is 0 Å². The highest BCUT2D eigenvalue weighted by Crippen LogP contribution is 2.26. The van der Waals surface area contributed by atoms with Crippen molar-refractivity contribution in [1.29, 1.82) is 0 Å². The molecule has 1 aliphatic carbocycles. The molecular formula is C18H24ClN3O3S2. The van der Waals surface area contributed by atoms with Crippen molar-refractivity contribution in [1.82, 2.24) is 4.98 Å². The predicted octanol–water partition coefficient (Wildman–Crippen LogP) is 3.52. The summed E-state index contributed by atoms with van der Waals surface area (Å²) in [6.07, 6.45) is 4.60. The lowest BCUT2D eigenvalue weighted by Gasteiger charge is -2.21. The van der Waals surface area contributed by atoms with Crippen LogP contribution in [-0.4, -0.2) is 24.6 Å². The summed E-state index contributed by atoms with van der Waals surface area (Å²) in [7, 11) is -3.17. The van der Waals surface area contributed by atoms with Crippen molar-refractivity contribution in [3.63, 3.8) is 0 Å². The summed E-state index contributed by atoms with van der Waals surface area (Å²) in [5.74, 6) is -0.316. The number of carbonyl (C=O) groups is 1. The second kappa shape index (κ2) is 9.64. The third-order valence-electron chi connectivity index (χ3n) is 4.57. The maximum Gasteiger partial charge on any atom is 0.275 e. The zero-order valence-electron chi connectivity index (χ0n) is 14.9. The highest BCUT2D eigenvalue weighted by molar-refractivity contribution is 7.91. The first-order valence-corrected chi connectivity index (χ1v) is 11.3. The fourth-order valence-electron chi connectivity index (χ4n) is 3.22. The number of hydrogen-bond acceptors (Lipinski definition) is 6. The highest BCUT2D eigenvalue weighted by Gasteiger charge is 2.27. The monoisotopic (exact) mass is 429 g/mol. The van der Waals surface area contributed by atoms with Gasteiger partial charge in [0, 0.05) is 17.6 Å². The Morgan fingerprint density at radius 1 is 1.26 bits per heavy atom. The first kappa shape index (κ1) is 21.8. The molecule has 3 rings (SSSR count). The van der Waals surface area contributed by atoms with E-state index in [1.807, 2.05) is 0 Å². The minimum absolute atomic E-state index is 0. The zero-order chi connectivity index (χ0) is 18.6. The lowest BCUT2D eigenvalue weighted by Crippen LogP contribution is -2.25. The van der Waals surface area contributed by atoms with Crippen molar-refractivity contribution < 1.29 is 13.2 Å². The lowest BCUT2D eigenvalue weighted by atomic mass is 10.0. The number of amides is 1. The minimum atomic E-state index is -3.17. The largest absolute Gasteiger partial charge is 0.325 e. The van der Waals surface area contributed by atoms with Crippen molar-refractivity contribution in [3.05, 3.63) is 45.9 Å². The van der Waals surface area contributed by atoms with Crippen LogP contribution >= 0.6 is 23.7 Å². The number of nitrogens with zero attached hydrogens (tertiary/aromatic N) is 1. The molecule has 3 N–H and O–H groups in total. The maximum atomic E-state index is 12.6. The Hall–Kier alpha value is -1.48. The van der Waals surface area contributed by atoms with Gasteiger partial charge in [0.25, 0.3) is 5.91 Å². The van der Waals surface area contributed by atoms with Gasteiger partial charge in [-0.05, 0) is 30.5 Å². The Bertz CT molecular complexity index is 877. The van der Waals surface area contributed by atoms with E-state index in [0.29, 0.717) is 28.5 Å². The Kier molecular flexibility index (Phi) is 7.79. The fraction of sp³-hybridized carbons (Fsp3) is 0.444. The molecule has 1 amide bonds. The number of sulfone groups is 1. The summed E-state index contributed by atoms with van der Waals surface area (Å²) in [5.41, 5.74) is 7.08. The van der Waals surface area contributed by atoms with E-state index in [4.69, 9.17) is 5.73 Å². The summed E-state index contributed by atoms with van der Waals surface area (Å²) in [6, 6.07) is 7.00. The van der Waals surface area contributed by atoms with Crippen molar-refractivity contribution in [2.75, 3.05) is 5.32 Å². The molecule has 1 aliphatic rings. The molecular weight excluding hydrogens is 406 g/mol. The molecule has 1 aromatic heterocycles. The van der Waals surface area contributed by atoms with Gasteiger partial charge in [-0.3, -0.25) is 4.79 Å². The second-order valence-electron chi connectivity index (χ2n) is 6.55. The minimum Gasteiger partial charge on any atom is -0.325 e. The number of rotatable bonds is 6. The molecule has 1 saturated carbocycles.